The van der Waals surface area contributed by atoms with E-state index in [1.165, 1.54) is 10.8 Å². The molecule has 0 saturated carbocycles. The van der Waals surface area contributed by atoms with Crippen LogP contribution in [0, 0.1) is 11.3 Å². The Morgan fingerprint density at radius 1 is 0.436 bits per heavy atom. The second-order valence-electron chi connectivity index (χ2n) is 13.6. The zero-order chi connectivity index (χ0) is 36.7. The molecule has 0 amide bonds. The van der Waals surface area contributed by atoms with E-state index in [-0.39, 0.29) is 0 Å². The van der Waals surface area contributed by atoms with E-state index in [9.17, 15) is 5.26 Å². The summed E-state index contributed by atoms with van der Waals surface area (Å²) in [7, 11) is 0. The lowest BCUT2D eigenvalue weighted by atomic mass is 9.98. The van der Waals surface area contributed by atoms with Crippen molar-refractivity contribution < 1.29 is 0 Å². The van der Waals surface area contributed by atoms with E-state index >= 15 is 0 Å². The monoisotopic (exact) mass is 701 g/mol. The molecule has 5 nitrogen and oxygen atoms in total. The second-order valence-corrected chi connectivity index (χ2v) is 13.6. The second kappa shape index (κ2) is 13.4. The fourth-order valence-electron chi connectivity index (χ4n) is 7.60. The molecule has 3 heterocycles. The molecule has 0 saturated heterocycles. The number of hydrogen-bond donors (Lipinski definition) is 0. The van der Waals surface area contributed by atoms with Crippen molar-refractivity contribution >= 4 is 32.7 Å². The smallest absolute Gasteiger partial charge is 0.160 e. The Morgan fingerprint density at radius 3 is 1.75 bits per heavy atom. The van der Waals surface area contributed by atoms with Gasteiger partial charge in [-0.3, -0.25) is 0 Å². The lowest BCUT2D eigenvalue weighted by molar-refractivity contribution is 1.17. The van der Waals surface area contributed by atoms with Crippen LogP contribution in [0.25, 0.3) is 94.7 Å². The summed E-state index contributed by atoms with van der Waals surface area (Å²) >= 11 is 0. The van der Waals surface area contributed by atoms with Crippen molar-refractivity contribution in [1.82, 2.24) is 19.5 Å². The van der Waals surface area contributed by atoms with Gasteiger partial charge < -0.3 is 4.57 Å². The van der Waals surface area contributed by atoms with Gasteiger partial charge in [0.1, 0.15) is 0 Å². The molecule has 0 aliphatic heterocycles. The van der Waals surface area contributed by atoms with Crippen molar-refractivity contribution in [2.45, 2.75) is 0 Å². The average Bonchev–Trinajstić information content (AvgIpc) is 3.62. The molecule has 0 radical (unpaired) electrons. The Bertz CT molecular complexity index is 3070. The highest BCUT2D eigenvalue weighted by Crippen LogP contribution is 2.41. The topological polar surface area (TPSA) is 67.4 Å². The quantitative estimate of drug-likeness (QED) is 0.173. The fraction of sp³-hybridized carbons (Fsp3) is 0. The summed E-state index contributed by atoms with van der Waals surface area (Å²) in [5.74, 6) is 0.637. The van der Waals surface area contributed by atoms with Gasteiger partial charge in [-0.05, 0) is 53.6 Å². The van der Waals surface area contributed by atoms with E-state index in [0.29, 0.717) is 11.4 Å². The Kier molecular flexibility index (Phi) is 7.79. The SMILES string of the molecule is N#Cc1cccc(-c2cc(-c3ccc(-c4ccc(-c5nc6ccccc6c6c7ccccc7n(-c7ccccc7)c56)cc4)cc3)nc(-c3ccccc3)n2)c1. The molecule has 55 heavy (non-hydrogen) atoms. The molecular formula is C50H31N5. The normalized spacial score (nSPS) is 11.3. The third kappa shape index (κ3) is 5.70. The summed E-state index contributed by atoms with van der Waals surface area (Å²) in [6, 6.07) is 66.7. The first-order valence-corrected chi connectivity index (χ1v) is 18.3. The standard InChI is InChI=1S/C50H31N5/c51-32-33-12-11-15-39(30-33)45-31-44(53-50(54-45)38-13-3-1-4-14-38)36-26-22-34(23-27-36)35-24-28-37(29-25-35)48-49-47(41-18-7-9-20-43(41)52-48)42-19-8-10-21-46(42)55(49)40-16-5-2-6-17-40/h1-31H. The molecule has 0 spiro atoms. The van der Waals surface area contributed by atoms with Gasteiger partial charge in [0.2, 0.25) is 0 Å². The minimum atomic E-state index is 0.591. The number of aromatic nitrogens is 4. The van der Waals surface area contributed by atoms with Crippen LogP contribution < -0.4 is 0 Å². The molecule has 0 bridgehead atoms. The summed E-state index contributed by atoms with van der Waals surface area (Å²) in [6.45, 7) is 0. The van der Waals surface area contributed by atoms with Crippen LogP contribution in [0.4, 0.5) is 0 Å². The van der Waals surface area contributed by atoms with E-state index in [1.807, 2.05) is 54.6 Å². The minimum absolute atomic E-state index is 0.591. The predicted octanol–water partition coefficient (Wildman–Crippen LogP) is 12.3. The van der Waals surface area contributed by atoms with Crippen molar-refractivity contribution in [1.29, 1.82) is 5.26 Å². The number of nitrogens with zero attached hydrogens (tertiary/aromatic N) is 5. The van der Waals surface area contributed by atoms with Crippen molar-refractivity contribution in [3.63, 3.8) is 0 Å². The summed E-state index contributed by atoms with van der Waals surface area (Å²) < 4.78 is 2.36. The van der Waals surface area contributed by atoms with E-state index in [4.69, 9.17) is 15.0 Å². The van der Waals surface area contributed by atoms with Gasteiger partial charge in [0.05, 0.1) is 45.3 Å². The maximum Gasteiger partial charge on any atom is 0.160 e. The lowest BCUT2D eigenvalue weighted by Crippen LogP contribution is -1.97. The zero-order valence-electron chi connectivity index (χ0n) is 29.6. The number of fused-ring (bicyclic) bond motifs is 5. The van der Waals surface area contributed by atoms with Crippen LogP contribution in [0.2, 0.25) is 0 Å². The van der Waals surface area contributed by atoms with Crippen molar-refractivity contribution in [3.05, 3.63) is 194 Å². The van der Waals surface area contributed by atoms with Gasteiger partial charge in [-0.15, -0.1) is 0 Å². The molecule has 7 aromatic carbocycles. The highest BCUT2D eigenvalue weighted by Gasteiger charge is 2.20. The van der Waals surface area contributed by atoms with Gasteiger partial charge in [0.15, 0.2) is 5.82 Å². The highest BCUT2D eigenvalue weighted by molar-refractivity contribution is 6.23. The lowest BCUT2D eigenvalue weighted by Gasteiger charge is -2.13. The number of nitriles is 1. The molecule has 0 aliphatic rings. The molecule has 10 rings (SSSR count). The van der Waals surface area contributed by atoms with Crippen LogP contribution in [0.1, 0.15) is 5.56 Å². The molecule has 3 aromatic heterocycles. The van der Waals surface area contributed by atoms with Crippen LogP contribution in [-0.2, 0) is 0 Å². The summed E-state index contributed by atoms with van der Waals surface area (Å²) in [5.41, 5.74) is 13.5. The summed E-state index contributed by atoms with van der Waals surface area (Å²) in [5, 5.41) is 13.1. The fourth-order valence-corrected chi connectivity index (χ4v) is 7.60. The van der Waals surface area contributed by atoms with E-state index < -0.39 is 0 Å². The Hall–Kier alpha value is -7.68. The van der Waals surface area contributed by atoms with Gasteiger partial charge in [0, 0.05) is 44.1 Å². The molecule has 0 fully saturated rings. The molecule has 10 aromatic rings. The summed E-state index contributed by atoms with van der Waals surface area (Å²) in [6.07, 6.45) is 0. The maximum atomic E-state index is 9.54. The predicted molar refractivity (Wildman–Crippen MR) is 224 cm³/mol. The summed E-state index contributed by atoms with van der Waals surface area (Å²) in [4.78, 5) is 15.2. The van der Waals surface area contributed by atoms with E-state index in [2.05, 4.69) is 138 Å². The Labute approximate surface area is 318 Å². The molecular weight excluding hydrogens is 671 g/mol. The Balaban J connectivity index is 1.05. The van der Waals surface area contributed by atoms with Crippen molar-refractivity contribution in [2.24, 2.45) is 0 Å². The van der Waals surface area contributed by atoms with Crippen molar-refractivity contribution in [2.75, 3.05) is 0 Å². The molecule has 0 atom stereocenters. The molecule has 256 valence electrons. The van der Waals surface area contributed by atoms with Gasteiger partial charge in [-0.2, -0.15) is 5.26 Å². The third-order valence-electron chi connectivity index (χ3n) is 10.2. The number of benzene rings is 7. The van der Waals surface area contributed by atoms with Crippen LogP contribution in [-0.4, -0.2) is 19.5 Å². The zero-order valence-corrected chi connectivity index (χ0v) is 29.6. The van der Waals surface area contributed by atoms with Gasteiger partial charge in [-0.25, -0.2) is 15.0 Å². The van der Waals surface area contributed by atoms with E-state index in [1.54, 1.807) is 6.07 Å². The van der Waals surface area contributed by atoms with E-state index in [0.717, 1.165) is 78.1 Å². The van der Waals surface area contributed by atoms with Crippen molar-refractivity contribution in [3.8, 4) is 68.0 Å². The van der Waals surface area contributed by atoms with Crippen LogP contribution >= 0.6 is 0 Å². The molecule has 0 N–H and O–H groups in total. The highest BCUT2D eigenvalue weighted by atomic mass is 15.0. The van der Waals surface area contributed by atoms with Crippen LogP contribution in [0.3, 0.4) is 0 Å². The minimum Gasteiger partial charge on any atom is -0.307 e. The number of hydrogen-bond acceptors (Lipinski definition) is 4. The third-order valence-corrected chi connectivity index (χ3v) is 10.2. The molecule has 5 heteroatoms. The Morgan fingerprint density at radius 2 is 1.02 bits per heavy atom. The molecule has 0 aliphatic carbocycles. The first kappa shape index (κ1) is 32.0. The van der Waals surface area contributed by atoms with Gasteiger partial charge >= 0.3 is 0 Å². The van der Waals surface area contributed by atoms with Gasteiger partial charge in [-0.1, -0.05) is 146 Å². The van der Waals surface area contributed by atoms with Crippen LogP contribution in [0.5, 0.6) is 0 Å². The largest absolute Gasteiger partial charge is 0.307 e. The number of pyridine rings is 1. The first-order chi connectivity index (χ1) is 27.2. The number of rotatable bonds is 6. The average molecular weight is 702 g/mol. The first-order valence-electron chi connectivity index (χ1n) is 18.3. The number of para-hydroxylation sites is 3. The van der Waals surface area contributed by atoms with Gasteiger partial charge in [0.25, 0.3) is 0 Å². The molecule has 0 unspecified atom stereocenters. The maximum absolute atomic E-state index is 9.54. The van der Waals surface area contributed by atoms with Crippen LogP contribution in [0.15, 0.2) is 188 Å².